The maximum absolute atomic E-state index is 11.1. The molecule has 0 bridgehead atoms. The third-order valence-electron chi connectivity index (χ3n) is 1.54. The van der Waals surface area contributed by atoms with Gasteiger partial charge in [-0.2, -0.15) is 0 Å². The highest BCUT2D eigenvalue weighted by Gasteiger charge is 1.98. The van der Waals surface area contributed by atoms with Crippen molar-refractivity contribution in [3.8, 4) is 0 Å². The largest absolute Gasteiger partial charge is 0.348 e. The molecule has 1 aromatic rings. The Bertz CT molecular complexity index is 368. The predicted octanol–water partition coefficient (Wildman–Crippen LogP) is 0.177. The fraction of sp³-hybridized carbons (Fsp3) is 0.111. The van der Waals surface area contributed by atoms with Gasteiger partial charge in [-0.3, -0.25) is 9.59 Å². The van der Waals surface area contributed by atoms with Crippen molar-refractivity contribution >= 4 is 5.91 Å². The average Bonchev–Trinajstić information content (AvgIpc) is 2.16. The number of rotatable bonds is 3. The lowest BCUT2D eigenvalue weighted by Gasteiger charge is -1.99. The minimum Gasteiger partial charge on any atom is -0.348 e. The fourth-order valence-electron chi connectivity index (χ4n) is 0.850. The zero-order chi connectivity index (χ0) is 9.68. The molecule has 0 aliphatic carbocycles. The van der Waals surface area contributed by atoms with Crippen LogP contribution >= 0.6 is 0 Å². The van der Waals surface area contributed by atoms with Gasteiger partial charge in [-0.15, -0.1) is 0 Å². The summed E-state index contributed by atoms with van der Waals surface area (Å²) in [6.07, 6.45) is 2.71. The molecule has 1 amide bonds. The molecule has 0 atom stereocenters. The summed E-state index contributed by atoms with van der Waals surface area (Å²) in [5, 5.41) is 2.51. The molecule has 4 nitrogen and oxygen atoms in total. The number of carbonyl (C=O) groups is 1. The molecule has 0 unspecified atom stereocenters. The summed E-state index contributed by atoms with van der Waals surface area (Å²) in [6, 6.07) is 3.36. The van der Waals surface area contributed by atoms with E-state index < -0.39 is 0 Å². The molecule has 4 heteroatoms. The summed E-state index contributed by atoms with van der Waals surface area (Å²) in [7, 11) is 0. The van der Waals surface area contributed by atoms with E-state index in [9.17, 15) is 9.59 Å². The van der Waals surface area contributed by atoms with Gasteiger partial charge in [0.1, 0.15) is 0 Å². The highest BCUT2D eigenvalue weighted by atomic mass is 16.1. The quantitative estimate of drug-likeness (QED) is 0.648. The molecule has 1 heterocycles. The number of aromatic nitrogens is 1. The topological polar surface area (TPSA) is 62.0 Å². The molecular weight excluding hydrogens is 168 g/mol. The van der Waals surface area contributed by atoms with Crippen molar-refractivity contribution in [2.75, 3.05) is 0 Å². The number of hydrogen-bond donors (Lipinski definition) is 2. The number of H-pyrrole nitrogens is 1. The summed E-state index contributed by atoms with van der Waals surface area (Å²) in [5.74, 6) is -0.289. The highest BCUT2D eigenvalue weighted by molar-refractivity contribution is 5.86. The van der Waals surface area contributed by atoms with E-state index in [1.54, 1.807) is 18.3 Å². The third kappa shape index (κ3) is 2.59. The van der Waals surface area contributed by atoms with Crippen LogP contribution in [0.1, 0.15) is 5.56 Å². The van der Waals surface area contributed by atoms with Crippen LogP contribution in [0.5, 0.6) is 0 Å². The lowest BCUT2D eigenvalue weighted by molar-refractivity contribution is -0.116. The van der Waals surface area contributed by atoms with Crippen LogP contribution in [-0.2, 0) is 11.3 Å². The zero-order valence-corrected chi connectivity index (χ0v) is 7.04. The minimum atomic E-state index is -0.289. The maximum atomic E-state index is 11.1. The molecular formula is C9H10N2O2. The third-order valence-corrected chi connectivity index (χ3v) is 1.54. The van der Waals surface area contributed by atoms with Crippen molar-refractivity contribution in [1.29, 1.82) is 0 Å². The van der Waals surface area contributed by atoms with Crippen molar-refractivity contribution in [2.24, 2.45) is 0 Å². The van der Waals surface area contributed by atoms with E-state index >= 15 is 0 Å². The summed E-state index contributed by atoms with van der Waals surface area (Å²) >= 11 is 0. The Morgan fingerprint density at radius 3 is 3.08 bits per heavy atom. The van der Waals surface area contributed by atoms with Crippen molar-refractivity contribution in [3.05, 3.63) is 46.9 Å². The van der Waals surface area contributed by atoms with E-state index in [0.29, 0.717) is 5.56 Å². The Balaban J connectivity index is 2.65. The fourth-order valence-corrected chi connectivity index (χ4v) is 0.850. The van der Waals surface area contributed by atoms with Crippen LogP contribution in [0, 0.1) is 0 Å². The lowest BCUT2D eigenvalue weighted by Crippen LogP contribution is -2.24. The van der Waals surface area contributed by atoms with Gasteiger partial charge in [0, 0.05) is 18.3 Å². The van der Waals surface area contributed by atoms with Crippen LogP contribution in [0.2, 0.25) is 0 Å². The van der Waals surface area contributed by atoms with Crippen LogP contribution in [0.4, 0.5) is 0 Å². The van der Waals surface area contributed by atoms with Crippen LogP contribution in [-0.4, -0.2) is 10.9 Å². The first-order valence-electron chi connectivity index (χ1n) is 3.81. The Kier molecular flexibility index (Phi) is 3.03. The normalized spacial score (nSPS) is 9.23. The van der Waals surface area contributed by atoms with Gasteiger partial charge in [-0.25, -0.2) is 0 Å². The van der Waals surface area contributed by atoms with Crippen LogP contribution in [0.25, 0.3) is 0 Å². The first-order valence-corrected chi connectivity index (χ1v) is 3.81. The molecule has 0 radical (unpaired) electrons. The van der Waals surface area contributed by atoms with Gasteiger partial charge in [-0.1, -0.05) is 12.6 Å². The molecule has 2 N–H and O–H groups in total. The molecule has 0 spiro atoms. The van der Waals surface area contributed by atoms with Gasteiger partial charge in [0.05, 0.1) is 0 Å². The van der Waals surface area contributed by atoms with Crippen LogP contribution in [0.3, 0.4) is 0 Å². The Morgan fingerprint density at radius 2 is 2.46 bits per heavy atom. The van der Waals surface area contributed by atoms with Crippen LogP contribution in [0.15, 0.2) is 35.8 Å². The van der Waals surface area contributed by atoms with Gasteiger partial charge in [0.25, 0.3) is 5.56 Å². The molecule has 68 valence electrons. The zero-order valence-electron chi connectivity index (χ0n) is 7.04. The number of amides is 1. The minimum absolute atomic E-state index is 0.188. The van der Waals surface area contributed by atoms with E-state index in [-0.39, 0.29) is 18.0 Å². The standard InChI is InChI=1S/C9H10N2O2/c1-2-8(12)11-6-7-4-3-5-10-9(7)13/h2-5H,1,6H2,(H,10,13)(H,11,12). The Morgan fingerprint density at radius 1 is 1.69 bits per heavy atom. The number of aromatic amines is 1. The van der Waals surface area contributed by atoms with E-state index in [1.165, 1.54) is 0 Å². The molecule has 1 aromatic heterocycles. The smallest absolute Gasteiger partial charge is 0.252 e. The SMILES string of the molecule is C=CC(=O)NCc1ccc[nH]c1=O. The van der Waals surface area contributed by atoms with E-state index in [2.05, 4.69) is 16.9 Å². The van der Waals surface area contributed by atoms with Gasteiger partial charge >= 0.3 is 0 Å². The Labute approximate surface area is 75.3 Å². The van der Waals surface area contributed by atoms with Gasteiger partial charge in [0.15, 0.2) is 0 Å². The molecule has 0 aromatic carbocycles. The molecule has 0 saturated heterocycles. The molecule has 0 aliphatic rings. The van der Waals surface area contributed by atoms with Crippen LogP contribution < -0.4 is 10.9 Å². The monoisotopic (exact) mass is 178 g/mol. The second kappa shape index (κ2) is 4.25. The molecule has 13 heavy (non-hydrogen) atoms. The van der Waals surface area contributed by atoms with Gasteiger partial charge < -0.3 is 10.3 Å². The Hall–Kier alpha value is -1.84. The number of carbonyl (C=O) groups excluding carboxylic acids is 1. The second-order valence-corrected chi connectivity index (χ2v) is 2.45. The number of nitrogens with one attached hydrogen (secondary N) is 2. The molecule has 0 saturated carbocycles. The average molecular weight is 178 g/mol. The van der Waals surface area contributed by atoms with E-state index in [1.807, 2.05) is 0 Å². The van der Waals surface area contributed by atoms with Crippen molar-refractivity contribution in [1.82, 2.24) is 10.3 Å². The van der Waals surface area contributed by atoms with Crippen molar-refractivity contribution in [3.63, 3.8) is 0 Å². The lowest BCUT2D eigenvalue weighted by atomic mass is 10.3. The summed E-state index contributed by atoms with van der Waals surface area (Å²) in [4.78, 5) is 24.4. The molecule has 0 aliphatic heterocycles. The number of pyridine rings is 1. The summed E-state index contributed by atoms with van der Waals surface area (Å²) in [5.41, 5.74) is 0.338. The number of hydrogen-bond acceptors (Lipinski definition) is 2. The molecule has 1 rings (SSSR count). The summed E-state index contributed by atoms with van der Waals surface area (Å²) in [6.45, 7) is 3.52. The summed E-state index contributed by atoms with van der Waals surface area (Å²) < 4.78 is 0. The second-order valence-electron chi connectivity index (χ2n) is 2.45. The molecule has 0 fully saturated rings. The first kappa shape index (κ1) is 9.25. The van der Waals surface area contributed by atoms with Crippen molar-refractivity contribution < 1.29 is 4.79 Å². The van der Waals surface area contributed by atoms with Crippen molar-refractivity contribution in [2.45, 2.75) is 6.54 Å². The first-order chi connectivity index (χ1) is 6.24. The highest BCUT2D eigenvalue weighted by Crippen LogP contribution is 1.87. The van der Waals surface area contributed by atoms with E-state index in [0.717, 1.165) is 6.08 Å². The van der Waals surface area contributed by atoms with E-state index in [4.69, 9.17) is 0 Å². The van der Waals surface area contributed by atoms with Gasteiger partial charge in [0.2, 0.25) is 5.91 Å². The maximum Gasteiger partial charge on any atom is 0.252 e. The predicted molar refractivity (Wildman–Crippen MR) is 49.1 cm³/mol. The van der Waals surface area contributed by atoms with Gasteiger partial charge in [-0.05, 0) is 12.1 Å².